The lowest BCUT2D eigenvalue weighted by molar-refractivity contribution is -0.385. The number of nitrogens with one attached hydrogen (secondary N) is 2. The largest absolute Gasteiger partial charge is 0.496 e. The summed E-state index contributed by atoms with van der Waals surface area (Å²) >= 11 is 3.29. The van der Waals surface area contributed by atoms with Gasteiger partial charge >= 0.3 is 11.8 Å². The SMILES string of the molecule is COc1ccc(/C=N/NC(=O)C(=O)Nc2ccc(Br)cc2)cc1COc1ccc([N+](=O)[O-])c(C)c1. The number of halogens is 1. The Morgan fingerprint density at radius 1 is 1.09 bits per heavy atom. The van der Waals surface area contributed by atoms with Gasteiger partial charge < -0.3 is 14.8 Å². The van der Waals surface area contributed by atoms with E-state index in [9.17, 15) is 19.7 Å². The van der Waals surface area contributed by atoms with Crippen LogP contribution >= 0.6 is 15.9 Å². The van der Waals surface area contributed by atoms with E-state index in [1.807, 2.05) is 0 Å². The minimum atomic E-state index is -0.922. The summed E-state index contributed by atoms with van der Waals surface area (Å²) < 4.78 is 12.0. The summed E-state index contributed by atoms with van der Waals surface area (Å²) in [6, 6.07) is 16.4. The summed E-state index contributed by atoms with van der Waals surface area (Å²) in [4.78, 5) is 34.5. The number of nitro benzene ring substituents is 1. The van der Waals surface area contributed by atoms with E-state index in [2.05, 4.69) is 31.8 Å². The Bertz CT molecular complexity index is 1280. The normalized spacial score (nSPS) is 10.6. The summed E-state index contributed by atoms with van der Waals surface area (Å²) in [5, 5.41) is 17.3. The van der Waals surface area contributed by atoms with E-state index in [1.165, 1.54) is 25.5 Å². The summed E-state index contributed by atoms with van der Waals surface area (Å²) in [6.45, 7) is 1.76. The third-order valence-corrected chi connectivity index (χ3v) is 5.28. The van der Waals surface area contributed by atoms with E-state index >= 15 is 0 Å². The molecular formula is C24H21BrN4O6. The van der Waals surface area contributed by atoms with Gasteiger partial charge in [-0.15, -0.1) is 0 Å². The fourth-order valence-corrected chi connectivity index (χ4v) is 3.28. The second kappa shape index (κ2) is 11.7. The molecule has 35 heavy (non-hydrogen) atoms. The Balaban J connectivity index is 1.61. The first-order valence-corrected chi connectivity index (χ1v) is 11.0. The van der Waals surface area contributed by atoms with Crippen LogP contribution in [0.2, 0.25) is 0 Å². The highest BCUT2D eigenvalue weighted by Crippen LogP contribution is 2.26. The molecule has 0 aliphatic heterocycles. The van der Waals surface area contributed by atoms with E-state index < -0.39 is 16.7 Å². The van der Waals surface area contributed by atoms with E-state index in [0.29, 0.717) is 33.9 Å². The van der Waals surface area contributed by atoms with Crippen LogP contribution in [0.5, 0.6) is 11.5 Å². The van der Waals surface area contributed by atoms with Gasteiger partial charge in [0.05, 0.1) is 18.2 Å². The molecule has 0 saturated carbocycles. The Morgan fingerprint density at radius 3 is 2.49 bits per heavy atom. The van der Waals surface area contributed by atoms with Gasteiger partial charge in [0.15, 0.2) is 0 Å². The predicted octanol–water partition coefficient (Wildman–Crippen LogP) is 4.34. The van der Waals surface area contributed by atoms with Crippen molar-refractivity contribution in [3.8, 4) is 11.5 Å². The number of nitrogens with zero attached hydrogens (tertiary/aromatic N) is 2. The monoisotopic (exact) mass is 540 g/mol. The zero-order valence-corrected chi connectivity index (χ0v) is 20.4. The van der Waals surface area contributed by atoms with Crippen molar-refractivity contribution in [2.45, 2.75) is 13.5 Å². The van der Waals surface area contributed by atoms with Crippen LogP contribution in [-0.4, -0.2) is 30.1 Å². The van der Waals surface area contributed by atoms with Crippen molar-refractivity contribution in [3.63, 3.8) is 0 Å². The maximum absolute atomic E-state index is 12.0. The number of rotatable bonds is 8. The molecule has 0 atom stereocenters. The minimum Gasteiger partial charge on any atom is -0.496 e. The van der Waals surface area contributed by atoms with Gasteiger partial charge in [0.1, 0.15) is 18.1 Å². The number of ether oxygens (including phenoxy) is 2. The smallest absolute Gasteiger partial charge is 0.329 e. The average Bonchev–Trinajstić information content (AvgIpc) is 2.84. The van der Waals surface area contributed by atoms with E-state index in [4.69, 9.17) is 9.47 Å². The molecule has 0 fully saturated rings. The molecule has 3 aromatic carbocycles. The third kappa shape index (κ3) is 7.11. The van der Waals surface area contributed by atoms with Gasteiger partial charge in [0, 0.05) is 27.4 Å². The topological polar surface area (TPSA) is 132 Å². The molecule has 0 aromatic heterocycles. The Hall–Kier alpha value is -4.25. The standard InChI is InChI=1S/C24H21BrN4O6/c1-15-11-20(8-9-21(15)29(32)33)35-14-17-12-16(3-10-22(17)34-2)13-26-28-24(31)23(30)27-19-6-4-18(25)5-7-19/h3-13H,14H2,1-2H3,(H,27,30)(H,28,31)/b26-13+. The van der Waals surface area contributed by atoms with E-state index in [-0.39, 0.29) is 12.3 Å². The zero-order chi connectivity index (χ0) is 25.4. The number of hydrogen-bond donors (Lipinski definition) is 2. The van der Waals surface area contributed by atoms with Crippen molar-refractivity contribution >= 4 is 45.3 Å². The molecule has 0 spiro atoms. The highest BCUT2D eigenvalue weighted by Gasteiger charge is 2.13. The number of hydrazone groups is 1. The van der Waals surface area contributed by atoms with Crippen LogP contribution in [0.25, 0.3) is 0 Å². The Kier molecular flexibility index (Phi) is 8.52. The molecule has 10 nitrogen and oxygen atoms in total. The van der Waals surface area contributed by atoms with E-state index in [1.54, 1.807) is 55.5 Å². The van der Waals surface area contributed by atoms with Crippen molar-refractivity contribution in [2.24, 2.45) is 5.10 Å². The molecule has 0 bridgehead atoms. The fourth-order valence-electron chi connectivity index (χ4n) is 3.01. The lowest BCUT2D eigenvalue weighted by Crippen LogP contribution is -2.32. The summed E-state index contributed by atoms with van der Waals surface area (Å²) in [5.74, 6) is -0.738. The first-order chi connectivity index (χ1) is 16.8. The van der Waals surface area contributed by atoms with Gasteiger partial charge in [0.25, 0.3) is 5.69 Å². The van der Waals surface area contributed by atoms with E-state index in [0.717, 1.165) is 4.47 Å². The first-order valence-electron chi connectivity index (χ1n) is 10.2. The number of carbonyl (C=O) groups is 2. The number of amides is 2. The fraction of sp³-hybridized carbons (Fsp3) is 0.125. The van der Waals surface area contributed by atoms with Crippen LogP contribution in [0.1, 0.15) is 16.7 Å². The van der Waals surface area contributed by atoms with Crippen molar-refractivity contribution < 1.29 is 24.0 Å². The third-order valence-electron chi connectivity index (χ3n) is 4.75. The van der Waals surface area contributed by atoms with Gasteiger partial charge in [0.2, 0.25) is 0 Å². The van der Waals surface area contributed by atoms with Gasteiger partial charge in [-0.05, 0) is 67.1 Å². The first kappa shape index (κ1) is 25.4. The van der Waals surface area contributed by atoms with Crippen molar-refractivity contribution in [1.29, 1.82) is 0 Å². The van der Waals surface area contributed by atoms with Gasteiger partial charge in [-0.2, -0.15) is 5.10 Å². The molecule has 0 unspecified atom stereocenters. The predicted molar refractivity (Wildman–Crippen MR) is 134 cm³/mol. The molecule has 3 rings (SSSR count). The maximum Gasteiger partial charge on any atom is 0.329 e. The van der Waals surface area contributed by atoms with Crippen LogP contribution in [0.4, 0.5) is 11.4 Å². The zero-order valence-electron chi connectivity index (χ0n) is 18.8. The molecule has 0 aliphatic carbocycles. The molecule has 3 aromatic rings. The van der Waals surface area contributed by atoms with Crippen molar-refractivity contribution in [2.75, 3.05) is 12.4 Å². The molecule has 2 amide bonds. The molecule has 2 N–H and O–H groups in total. The van der Waals surface area contributed by atoms with Crippen molar-refractivity contribution in [1.82, 2.24) is 5.43 Å². The number of hydrogen-bond acceptors (Lipinski definition) is 7. The van der Waals surface area contributed by atoms with Crippen LogP contribution < -0.4 is 20.2 Å². The number of carbonyl (C=O) groups excluding carboxylic acids is 2. The molecular weight excluding hydrogens is 520 g/mol. The average molecular weight is 541 g/mol. The van der Waals surface area contributed by atoms with Gasteiger partial charge in [-0.25, -0.2) is 5.43 Å². The van der Waals surface area contributed by atoms with Crippen molar-refractivity contribution in [3.05, 3.63) is 91.9 Å². The van der Waals surface area contributed by atoms with Crippen LogP contribution in [0.3, 0.4) is 0 Å². The summed E-state index contributed by atoms with van der Waals surface area (Å²) in [5.41, 5.74) is 4.46. The number of benzene rings is 3. The van der Waals surface area contributed by atoms with Gasteiger partial charge in [-0.3, -0.25) is 19.7 Å². The second-order valence-electron chi connectivity index (χ2n) is 7.23. The minimum absolute atomic E-state index is 0.0145. The molecule has 0 aliphatic rings. The van der Waals surface area contributed by atoms with Crippen LogP contribution in [0.15, 0.2) is 70.2 Å². The van der Waals surface area contributed by atoms with Crippen LogP contribution in [-0.2, 0) is 16.2 Å². The Morgan fingerprint density at radius 2 is 1.83 bits per heavy atom. The molecule has 0 radical (unpaired) electrons. The number of anilines is 1. The lowest BCUT2D eigenvalue weighted by atomic mass is 10.1. The highest BCUT2D eigenvalue weighted by atomic mass is 79.9. The number of methoxy groups -OCH3 is 1. The number of nitro groups is 1. The lowest BCUT2D eigenvalue weighted by Gasteiger charge is -2.11. The molecule has 180 valence electrons. The van der Waals surface area contributed by atoms with Gasteiger partial charge in [-0.1, -0.05) is 15.9 Å². The number of aryl methyl sites for hydroxylation is 1. The summed E-state index contributed by atoms with van der Waals surface area (Å²) in [6.07, 6.45) is 1.38. The van der Waals surface area contributed by atoms with Crippen LogP contribution in [0, 0.1) is 17.0 Å². The maximum atomic E-state index is 12.0. The molecule has 11 heteroatoms. The highest BCUT2D eigenvalue weighted by molar-refractivity contribution is 9.10. The quantitative estimate of drug-likeness (QED) is 0.189. The summed E-state index contributed by atoms with van der Waals surface area (Å²) in [7, 11) is 1.52. The Labute approximate surface area is 209 Å². The second-order valence-corrected chi connectivity index (χ2v) is 8.14. The molecule has 0 saturated heterocycles. The molecule has 0 heterocycles.